The van der Waals surface area contributed by atoms with Gasteiger partial charge in [-0.1, -0.05) is 29.0 Å². The summed E-state index contributed by atoms with van der Waals surface area (Å²) < 4.78 is 0. The first-order valence-corrected chi connectivity index (χ1v) is 9.58. The Labute approximate surface area is 160 Å². The zero-order valence-corrected chi connectivity index (χ0v) is 15.8. The van der Waals surface area contributed by atoms with Crippen LogP contribution in [0.5, 0.6) is 0 Å². The van der Waals surface area contributed by atoms with Gasteiger partial charge in [-0.3, -0.25) is 0 Å². The molecule has 3 aromatic rings. The Bertz CT molecular complexity index is 919. The number of anilines is 2. The van der Waals surface area contributed by atoms with Crippen molar-refractivity contribution in [3.63, 3.8) is 0 Å². The summed E-state index contributed by atoms with van der Waals surface area (Å²) in [5, 5.41) is 4.53. The first kappa shape index (κ1) is 17.1. The molecule has 2 aromatic heterocycles. The molecule has 0 saturated carbocycles. The van der Waals surface area contributed by atoms with Crippen LogP contribution in [0.25, 0.3) is 10.3 Å². The number of urea groups is 1. The number of nitrogens with one attached hydrogen (secondary N) is 1. The van der Waals surface area contributed by atoms with Crippen LogP contribution in [-0.4, -0.2) is 47.1 Å². The number of halogens is 1. The number of fused-ring (bicyclic) bond motifs is 1. The van der Waals surface area contributed by atoms with Gasteiger partial charge in [-0.25, -0.2) is 14.8 Å². The Morgan fingerprint density at radius 2 is 2.04 bits per heavy atom. The number of amides is 2. The normalized spacial score (nSPS) is 14.7. The molecule has 4 rings (SSSR count). The second-order valence-electron chi connectivity index (χ2n) is 6.19. The van der Waals surface area contributed by atoms with Gasteiger partial charge in [0, 0.05) is 43.1 Å². The van der Waals surface area contributed by atoms with Crippen molar-refractivity contribution in [1.29, 1.82) is 0 Å². The molecule has 0 aliphatic carbocycles. The number of carbonyl (C=O) groups is 1. The number of thiazole rings is 1. The van der Waals surface area contributed by atoms with Crippen LogP contribution in [-0.2, 0) is 0 Å². The molecule has 26 heavy (non-hydrogen) atoms. The molecule has 0 unspecified atom stereocenters. The van der Waals surface area contributed by atoms with Crippen LogP contribution in [0, 0.1) is 6.92 Å². The molecule has 1 aliphatic heterocycles. The molecule has 1 saturated heterocycles. The van der Waals surface area contributed by atoms with Gasteiger partial charge in [0.05, 0.1) is 0 Å². The van der Waals surface area contributed by atoms with Crippen molar-refractivity contribution in [2.24, 2.45) is 0 Å². The van der Waals surface area contributed by atoms with E-state index in [9.17, 15) is 4.79 Å². The number of nitrogens with zero attached hydrogens (tertiary/aromatic N) is 4. The summed E-state index contributed by atoms with van der Waals surface area (Å²) in [6.45, 7) is 4.75. The zero-order chi connectivity index (χ0) is 18.1. The number of hydrogen-bond acceptors (Lipinski definition) is 5. The van der Waals surface area contributed by atoms with Crippen molar-refractivity contribution in [3.8, 4) is 0 Å². The van der Waals surface area contributed by atoms with Crippen LogP contribution in [0.4, 0.5) is 15.6 Å². The predicted octanol–water partition coefficient (Wildman–Crippen LogP) is 4.01. The van der Waals surface area contributed by atoms with Gasteiger partial charge in [0.25, 0.3) is 0 Å². The van der Waals surface area contributed by atoms with Crippen molar-refractivity contribution in [1.82, 2.24) is 14.9 Å². The van der Waals surface area contributed by atoms with E-state index < -0.39 is 0 Å². The van der Waals surface area contributed by atoms with Gasteiger partial charge < -0.3 is 15.1 Å². The third kappa shape index (κ3) is 3.45. The van der Waals surface area contributed by atoms with E-state index in [1.54, 1.807) is 23.6 Å². The minimum atomic E-state index is -0.0963. The first-order valence-electron chi connectivity index (χ1n) is 8.39. The van der Waals surface area contributed by atoms with Crippen LogP contribution >= 0.6 is 22.9 Å². The highest BCUT2D eigenvalue weighted by atomic mass is 35.5. The highest BCUT2D eigenvalue weighted by Gasteiger charge is 2.23. The fourth-order valence-electron chi connectivity index (χ4n) is 2.92. The standard InChI is InChI=1S/C18H18ClN5OS/c1-12-4-5-13(19)11-15(12)21-17(25)23-7-9-24(10-8-23)18-22-14-3-2-6-20-16(14)26-18/h2-6,11H,7-10H2,1H3,(H,21,25). The maximum Gasteiger partial charge on any atom is 0.321 e. The average Bonchev–Trinajstić information content (AvgIpc) is 3.09. The van der Waals surface area contributed by atoms with Gasteiger partial charge in [-0.15, -0.1) is 0 Å². The molecule has 134 valence electrons. The van der Waals surface area contributed by atoms with Gasteiger partial charge in [0.2, 0.25) is 0 Å². The second-order valence-corrected chi connectivity index (χ2v) is 7.58. The SMILES string of the molecule is Cc1ccc(Cl)cc1NC(=O)N1CCN(c2nc3cccnc3s2)CC1. The molecule has 1 aromatic carbocycles. The van der Waals surface area contributed by atoms with E-state index in [1.165, 1.54) is 0 Å². The van der Waals surface area contributed by atoms with Crippen LogP contribution in [0.3, 0.4) is 0 Å². The number of rotatable bonds is 2. The van der Waals surface area contributed by atoms with Crippen molar-refractivity contribution >= 4 is 50.1 Å². The summed E-state index contributed by atoms with van der Waals surface area (Å²) in [5.74, 6) is 0. The number of hydrogen-bond donors (Lipinski definition) is 1. The first-order chi connectivity index (χ1) is 12.6. The average molecular weight is 388 g/mol. The van der Waals surface area contributed by atoms with Gasteiger partial charge in [-0.2, -0.15) is 0 Å². The number of aromatic nitrogens is 2. The monoisotopic (exact) mass is 387 g/mol. The largest absolute Gasteiger partial charge is 0.344 e. The molecule has 0 spiro atoms. The molecule has 1 fully saturated rings. The molecular weight excluding hydrogens is 370 g/mol. The third-order valence-corrected chi connectivity index (χ3v) is 5.71. The fourth-order valence-corrected chi connectivity index (χ4v) is 4.05. The van der Waals surface area contributed by atoms with E-state index in [0.717, 1.165) is 39.8 Å². The summed E-state index contributed by atoms with van der Waals surface area (Å²) >= 11 is 7.61. The molecule has 8 heteroatoms. The minimum absolute atomic E-state index is 0.0963. The quantitative estimate of drug-likeness (QED) is 0.721. The van der Waals surface area contributed by atoms with E-state index in [0.29, 0.717) is 18.1 Å². The summed E-state index contributed by atoms with van der Waals surface area (Å²) in [5.41, 5.74) is 2.66. The molecule has 0 atom stereocenters. The summed E-state index contributed by atoms with van der Waals surface area (Å²) in [7, 11) is 0. The molecule has 2 amide bonds. The van der Waals surface area contributed by atoms with Crippen molar-refractivity contribution in [2.75, 3.05) is 36.4 Å². The Kier molecular flexibility index (Phi) is 4.65. The van der Waals surface area contributed by atoms with E-state index in [4.69, 9.17) is 11.6 Å². The molecular formula is C18H18ClN5OS. The van der Waals surface area contributed by atoms with Gasteiger partial charge >= 0.3 is 6.03 Å². The maximum absolute atomic E-state index is 12.5. The van der Waals surface area contributed by atoms with Crippen LogP contribution in [0.1, 0.15) is 5.56 Å². The smallest absolute Gasteiger partial charge is 0.321 e. The maximum atomic E-state index is 12.5. The summed E-state index contributed by atoms with van der Waals surface area (Å²) in [6, 6.07) is 9.26. The number of piperazine rings is 1. The van der Waals surface area contributed by atoms with Crippen molar-refractivity contribution in [2.45, 2.75) is 6.92 Å². The Morgan fingerprint density at radius 3 is 2.81 bits per heavy atom. The van der Waals surface area contributed by atoms with E-state index in [2.05, 4.69) is 20.2 Å². The molecule has 1 aliphatic rings. The van der Waals surface area contributed by atoms with Crippen LogP contribution < -0.4 is 10.2 Å². The highest BCUT2D eigenvalue weighted by Crippen LogP contribution is 2.28. The Morgan fingerprint density at radius 1 is 1.23 bits per heavy atom. The minimum Gasteiger partial charge on any atom is -0.344 e. The topological polar surface area (TPSA) is 61.4 Å². The Balaban J connectivity index is 1.39. The molecule has 3 heterocycles. The van der Waals surface area contributed by atoms with Crippen molar-refractivity contribution in [3.05, 3.63) is 47.1 Å². The lowest BCUT2D eigenvalue weighted by molar-refractivity contribution is 0.208. The van der Waals surface area contributed by atoms with E-state index in [1.807, 2.05) is 36.1 Å². The van der Waals surface area contributed by atoms with Crippen LogP contribution in [0.15, 0.2) is 36.5 Å². The fraction of sp³-hybridized carbons (Fsp3) is 0.278. The highest BCUT2D eigenvalue weighted by molar-refractivity contribution is 7.21. The van der Waals surface area contributed by atoms with Crippen molar-refractivity contribution < 1.29 is 4.79 Å². The van der Waals surface area contributed by atoms with E-state index >= 15 is 0 Å². The number of benzene rings is 1. The Hall–Kier alpha value is -2.38. The number of pyridine rings is 1. The summed E-state index contributed by atoms with van der Waals surface area (Å²) in [4.78, 5) is 26.5. The van der Waals surface area contributed by atoms with Gasteiger partial charge in [0.15, 0.2) is 5.13 Å². The lowest BCUT2D eigenvalue weighted by atomic mass is 10.2. The van der Waals surface area contributed by atoms with Crippen LogP contribution in [0.2, 0.25) is 5.02 Å². The molecule has 0 radical (unpaired) electrons. The number of carbonyl (C=O) groups excluding carboxylic acids is 1. The zero-order valence-electron chi connectivity index (χ0n) is 14.3. The third-order valence-electron chi connectivity index (χ3n) is 4.43. The molecule has 0 bridgehead atoms. The molecule has 6 nitrogen and oxygen atoms in total. The molecule has 1 N–H and O–H groups in total. The van der Waals surface area contributed by atoms with Gasteiger partial charge in [-0.05, 0) is 36.8 Å². The lowest BCUT2D eigenvalue weighted by Crippen LogP contribution is -2.50. The summed E-state index contributed by atoms with van der Waals surface area (Å²) in [6.07, 6.45) is 1.78. The second kappa shape index (κ2) is 7.09. The number of aryl methyl sites for hydroxylation is 1. The van der Waals surface area contributed by atoms with Gasteiger partial charge in [0.1, 0.15) is 10.3 Å². The lowest BCUT2D eigenvalue weighted by Gasteiger charge is -2.34. The van der Waals surface area contributed by atoms with E-state index in [-0.39, 0.29) is 6.03 Å². The predicted molar refractivity (Wildman–Crippen MR) is 106 cm³/mol.